The molecule has 2 N–H and O–H groups in total. The summed E-state index contributed by atoms with van der Waals surface area (Å²) in [5.74, 6) is 0.0920. The number of carbonyl (C=O) groups excluding carboxylic acids is 1. The van der Waals surface area contributed by atoms with E-state index in [1.54, 1.807) is 24.4 Å². The van der Waals surface area contributed by atoms with Gasteiger partial charge < -0.3 is 5.32 Å². The average Bonchev–Trinajstić information content (AvgIpc) is 2.89. The number of ketones is 1. The molecule has 1 aromatic heterocycles. The maximum atomic E-state index is 12.2. The van der Waals surface area contributed by atoms with Crippen molar-refractivity contribution in [3.05, 3.63) is 35.8 Å². The van der Waals surface area contributed by atoms with Crippen molar-refractivity contribution in [1.29, 1.82) is 0 Å². The number of sulfonamides is 1. The van der Waals surface area contributed by atoms with Crippen molar-refractivity contribution >= 4 is 38.0 Å². The Morgan fingerprint density at radius 3 is 2.43 bits per heavy atom. The van der Waals surface area contributed by atoms with Crippen LogP contribution in [0.15, 0.2) is 40.7 Å². The van der Waals surface area contributed by atoms with Crippen LogP contribution in [0.1, 0.15) is 27.2 Å². The number of hydrogen-bond donors (Lipinski definition) is 2. The molecule has 8 heteroatoms. The lowest BCUT2D eigenvalue weighted by Gasteiger charge is -2.26. The van der Waals surface area contributed by atoms with E-state index < -0.39 is 15.6 Å². The van der Waals surface area contributed by atoms with Gasteiger partial charge in [-0.25, -0.2) is 13.4 Å². The molecule has 0 unspecified atom stereocenters. The fourth-order valence-corrected chi connectivity index (χ4v) is 4.01. The average molecular weight is 353 g/mol. The third kappa shape index (κ3) is 5.04. The van der Waals surface area contributed by atoms with Gasteiger partial charge in [-0.3, -0.25) is 9.52 Å². The van der Waals surface area contributed by atoms with Gasteiger partial charge in [-0.1, -0.05) is 0 Å². The highest BCUT2D eigenvalue weighted by molar-refractivity contribution is 7.93. The molecule has 0 amide bonds. The molecule has 124 valence electrons. The van der Waals surface area contributed by atoms with Crippen LogP contribution in [0.3, 0.4) is 0 Å². The summed E-state index contributed by atoms with van der Waals surface area (Å²) in [6.07, 6.45) is 1.92. The number of benzene rings is 1. The van der Waals surface area contributed by atoms with E-state index in [2.05, 4.69) is 15.0 Å². The molecule has 0 atom stereocenters. The monoisotopic (exact) mass is 353 g/mol. The van der Waals surface area contributed by atoms with Crippen LogP contribution in [-0.2, 0) is 14.8 Å². The van der Waals surface area contributed by atoms with Crippen LogP contribution in [-0.4, -0.2) is 24.7 Å². The lowest BCUT2D eigenvalue weighted by molar-refractivity contribution is -0.117. The maximum Gasteiger partial charge on any atom is 0.263 e. The zero-order chi connectivity index (χ0) is 17.1. The van der Waals surface area contributed by atoms with Gasteiger partial charge in [0.15, 0.2) is 5.13 Å². The third-order valence-corrected chi connectivity index (χ3v) is 5.16. The highest BCUT2D eigenvalue weighted by atomic mass is 32.2. The van der Waals surface area contributed by atoms with E-state index in [-0.39, 0.29) is 10.7 Å². The molecule has 0 aliphatic rings. The minimum absolute atomic E-state index is 0.0920. The van der Waals surface area contributed by atoms with Crippen LogP contribution in [0.4, 0.5) is 10.8 Å². The van der Waals surface area contributed by atoms with Crippen LogP contribution in [0.2, 0.25) is 0 Å². The Morgan fingerprint density at radius 1 is 1.26 bits per heavy atom. The molecule has 2 rings (SSSR count). The molecule has 0 bridgehead atoms. The van der Waals surface area contributed by atoms with Crippen molar-refractivity contribution in [1.82, 2.24) is 4.98 Å². The first-order valence-electron chi connectivity index (χ1n) is 6.98. The van der Waals surface area contributed by atoms with E-state index in [1.165, 1.54) is 29.7 Å². The minimum atomic E-state index is -3.65. The molecule has 0 fully saturated rings. The van der Waals surface area contributed by atoms with Gasteiger partial charge in [0.05, 0.1) is 4.90 Å². The second kappa shape index (κ2) is 6.67. The molecule has 0 saturated carbocycles. The summed E-state index contributed by atoms with van der Waals surface area (Å²) in [7, 11) is -3.65. The smallest absolute Gasteiger partial charge is 0.263 e. The van der Waals surface area contributed by atoms with E-state index in [0.717, 1.165) is 5.69 Å². The number of aromatic nitrogens is 1. The van der Waals surface area contributed by atoms with Gasteiger partial charge in [-0.15, -0.1) is 11.3 Å². The summed E-state index contributed by atoms with van der Waals surface area (Å²) >= 11 is 1.22. The SMILES string of the molecule is CC(=O)CC(C)(C)Nc1ccc(S(=O)(=O)Nc2nccs2)cc1. The van der Waals surface area contributed by atoms with Crippen molar-refractivity contribution in [2.45, 2.75) is 37.6 Å². The first kappa shape index (κ1) is 17.4. The summed E-state index contributed by atoms with van der Waals surface area (Å²) in [5, 5.41) is 5.25. The van der Waals surface area contributed by atoms with Gasteiger partial charge in [0.2, 0.25) is 0 Å². The van der Waals surface area contributed by atoms with Gasteiger partial charge in [-0.05, 0) is 45.0 Å². The highest BCUT2D eigenvalue weighted by Crippen LogP contribution is 2.22. The van der Waals surface area contributed by atoms with Crippen LogP contribution < -0.4 is 10.0 Å². The van der Waals surface area contributed by atoms with Gasteiger partial charge in [-0.2, -0.15) is 0 Å². The molecule has 23 heavy (non-hydrogen) atoms. The van der Waals surface area contributed by atoms with Crippen LogP contribution in [0.5, 0.6) is 0 Å². The molecule has 1 aromatic carbocycles. The van der Waals surface area contributed by atoms with E-state index in [4.69, 9.17) is 0 Å². The summed E-state index contributed by atoms with van der Waals surface area (Å²) in [6.45, 7) is 5.38. The van der Waals surface area contributed by atoms with E-state index in [0.29, 0.717) is 11.6 Å². The first-order valence-corrected chi connectivity index (χ1v) is 9.34. The fourth-order valence-electron chi connectivity index (χ4n) is 2.22. The lowest BCUT2D eigenvalue weighted by Crippen LogP contribution is -2.33. The first-order chi connectivity index (χ1) is 10.7. The molecule has 0 aliphatic heterocycles. The number of anilines is 2. The number of hydrogen-bond acceptors (Lipinski definition) is 6. The standard InChI is InChI=1S/C15H19N3O3S2/c1-11(19)10-15(2,3)17-12-4-6-13(7-5-12)23(20,21)18-14-16-8-9-22-14/h4-9,17H,10H2,1-3H3,(H,16,18). The quantitative estimate of drug-likeness (QED) is 0.798. The van der Waals surface area contributed by atoms with Crippen molar-refractivity contribution in [3.63, 3.8) is 0 Å². The van der Waals surface area contributed by atoms with Gasteiger partial charge in [0, 0.05) is 29.2 Å². The fraction of sp³-hybridized carbons (Fsp3) is 0.333. The van der Waals surface area contributed by atoms with Crippen molar-refractivity contribution < 1.29 is 13.2 Å². The Morgan fingerprint density at radius 2 is 1.91 bits per heavy atom. The van der Waals surface area contributed by atoms with Crippen molar-refractivity contribution in [2.75, 3.05) is 10.0 Å². The zero-order valence-corrected chi connectivity index (χ0v) is 14.8. The predicted octanol–water partition coefficient (Wildman–Crippen LogP) is 3.11. The second-order valence-corrected chi connectivity index (χ2v) is 8.43. The Labute approximate surface area is 140 Å². The Balaban J connectivity index is 2.11. The van der Waals surface area contributed by atoms with Gasteiger partial charge >= 0.3 is 0 Å². The third-order valence-electron chi connectivity index (χ3n) is 2.99. The Bertz CT molecular complexity index is 767. The lowest BCUT2D eigenvalue weighted by atomic mass is 9.98. The molecular weight excluding hydrogens is 334 g/mol. The topological polar surface area (TPSA) is 88.2 Å². The normalized spacial score (nSPS) is 12.0. The maximum absolute atomic E-state index is 12.2. The molecule has 2 aromatic rings. The number of Topliss-reactive ketones (excluding diaryl/α,β-unsaturated/α-hetero) is 1. The molecule has 6 nitrogen and oxygen atoms in total. The zero-order valence-electron chi connectivity index (χ0n) is 13.2. The summed E-state index contributed by atoms with van der Waals surface area (Å²) < 4.78 is 26.9. The largest absolute Gasteiger partial charge is 0.380 e. The summed E-state index contributed by atoms with van der Waals surface area (Å²) in [4.78, 5) is 15.3. The molecular formula is C15H19N3O3S2. The van der Waals surface area contributed by atoms with Crippen molar-refractivity contribution in [3.8, 4) is 0 Å². The summed E-state index contributed by atoms with van der Waals surface area (Å²) in [5.41, 5.74) is 0.357. The summed E-state index contributed by atoms with van der Waals surface area (Å²) in [6, 6.07) is 6.39. The van der Waals surface area contributed by atoms with Crippen LogP contribution in [0, 0.1) is 0 Å². The Kier molecular flexibility index (Phi) is 5.06. The molecule has 1 heterocycles. The van der Waals surface area contributed by atoms with Crippen LogP contribution in [0.25, 0.3) is 0 Å². The number of nitrogens with one attached hydrogen (secondary N) is 2. The van der Waals surface area contributed by atoms with E-state index in [9.17, 15) is 13.2 Å². The number of carbonyl (C=O) groups is 1. The van der Waals surface area contributed by atoms with E-state index in [1.807, 2.05) is 13.8 Å². The van der Waals surface area contributed by atoms with Crippen molar-refractivity contribution in [2.24, 2.45) is 0 Å². The highest BCUT2D eigenvalue weighted by Gasteiger charge is 2.20. The molecule has 0 aliphatic carbocycles. The van der Waals surface area contributed by atoms with Gasteiger partial charge in [0.1, 0.15) is 5.78 Å². The molecule has 0 saturated heterocycles. The molecule has 0 spiro atoms. The number of thiazole rings is 1. The molecule has 0 radical (unpaired) electrons. The minimum Gasteiger partial charge on any atom is -0.380 e. The Hall–Kier alpha value is -1.93. The predicted molar refractivity (Wildman–Crippen MR) is 92.4 cm³/mol. The van der Waals surface area contributed by atoms with Crippen LogP contribution >= 0.6 is 11.3 Å². The number of nitrogens with zero attached hydrogens (tertiary/aromatic N) is 1. The van der Waals surface area contributed by atoms with Gasteiger partial charge in [0.25, 0.3) is 10.0 Å². The van der Waals surface area contributed by atoms with E-state index >= 15 is 0 Å². The second-order valence-electron chi connectivity index (χ2n) is 5.85. The number of rotatable bonds is 7.